The van der Waals surface area contributed by atoms with E-state index in [1.807, 2.05) is 27.7 Å². The minimum atomic E-state index is -0.867. The van der Waals surface area contributed by atoms with Crippen molar-refractivity contribution in [1.82, 2.24) is 4.90 Å². The van der Waals surface area contributed by atoms with E-state index >= 15 is 0 Å². The lowest BCUT2D eigenvalue weighted by Crippen LogP contribution is -2.50. The molecule has 6 heteroatoms. The summed E-state index contributed by atoms with van der Waals surface area (Å²) in [5.74, 6) is -1.50. The molecule has 0 saturated carbocycles. The number of primary amides is 1. The number of nitrogens with zero attached hydrogens (tertiary/aromatic N) is 1. The van der Waals surface area contributed by atoms with E-state index in [2.05, 4.69) is 0 Å². The van der Waals surface area contributed by atoms with Gasteiger partial charge in [0.25, 0.3) is 5.91 Å². The number of likely N-dealkylation sites (tertiary alicyclic amines) is 1. The van der Waals surface area contributed by atoms with E-state index in [4.69, 9.17) is 10.5 Å². The maximum atomic E-state index is 12.7. The van der Waals surface area contributed by atoms with Gasteiger partial charge in [-0.1, -0.05) is 34.6 Å². The van der Waals surface area contributed by atoms with Crippen LogP contribution in [0.2, 0.25) is 0 Å². The Morgan fingerprint density at radius 1 is 1.09 bits per heavy atom. The van der Waals surface area contributed by atoms with Crippen LogP contribution in [-0.4, -0.2) is 41.4 Å². The fourth-order valence-corrected chi connectivity index (χ4v) is 2.47. The van der Waals surface area contributed by atoms with Crippen LogP contribution in [0, 0.1) is 17.8 Å². The molecule has 0 aliphatic carbocycles. The summed E-state index contributed by atoms with van der Waals surface area (Å²) in [7, 11) is 0. The van der Waals surface area contributed by atoms with Gasteiger partial charge in [0, 0.05) is 6.54 Å². The van der Waals surface area contributed by atoms with E-state index < -0.39 is 18.1 Å². The Kier molecular flexibility index (Phi) is 6.38. The lowest BCUT2D eigenvalue weighted by Gasteiger charge is -2.30. The van der Waals surface area contributed by atoms with Crippen LogP contribution < -0.4 is 5.73 Å². The maximum Gasteiger partial charge on any atom is 0.309 e. The largest absolute Gasteiger partial charge is 0.452 e. The molecule has 1 aliphatic heterocycles. The molecule has 22 heavy (non-hydrogen) atoms. The zero-order valence-corrected chi connectivity index (χ0v) is 14.2. The Bertz CT molecular complexity index is 434. The number of hydrogen-bond acceptors (Lipinski definition) is 4. The van der Waals surface area contributed by atoms with Crippen molar-refractivity contribution in [2.24, 2.45) is 23.5 Å². The summed E-state index contributed by atoms with van der Waals surface area (Å²) in [6.07, 6.45) is 0.441. The van der Waals surface area contributed by atoms with Gasteiger partial charge in [0.1, 0.15) is 6.04 Å². The van der Waals surface area contributed by atoms with Gasteiger partial charge in [-0.15, -0.1) is 0 Å². The van der Waals surface area contributed by atoms with Gasteiger partial charge in [-0.3, -0.25) is 14.4 Å². The van der Waals surface area contributed by atoms with Crippen LogP contribution in [0.4, 0.5) is 0 Å². The van der Waals surface area contributed by atoms with Gasteiger partial charge >= 0.3 is 5.97 Å². The molecule has 0 bridgehead atoms. The molecule has 0 unspecified atom stereocenters. The van der Waals surface area contributed by atoms with Crippen molar-refractivity contribution in [3.63, 3.8) is 0 Å². The zero-order valence-electron chi connectivity index (χ0n) is 14.2. The Balaban J connectivity index is 2.84. The molecule has 3 atom stereocenters. The lowest BCUT2D eigenvalue weighted by atomic mass is 9.98. The standard InChI is InChI=1S/C16H28N2O4/c1-9(2)11(5)16(21)22-13(10(3)4)15(20)18-8-6-7-12(18)14(17)19/h9-13H,6-8H2,1-5H3,(H2,17,19)/t11-,12-,13+/m1/s1. The molecule has 6 nitrogen and oxygen atoms in total. The Labute approximate surface area is 132 Å². The molecule has 1 heterocycles. The average Bonchev–Trinajstić information content (AvgIpc) is 2.91. The molecule has 2 amide bonds. The monoisotopic (exact) mass is 312 g/mol. The number of nitrogens with two attached hydrogens (primary N) is 1. The third kappa shape index (κ3) is 4.21. The van der Waals surface area contributed by atoms with Crippen LogP contribution in [-0.2, 0) is 19.1 Å². The van der Waals surface area contributed by atoms with Crippen LogP contribution in [0.1, 0.15) is 47.5 Å². The molecule has 126 valence electrons. The van der Waals surface area contributed by atoms with Gasteiger partial charge in [-0.2, -0.15) is 0 Å². The number of rotatable bonds is 6. The summed E-state index contributed by atoms with van der Waals surface area (Å²) in [5, 5.41) is 0. The number of carbonyl (C=O) groups is 3. The van der Waals surface area contributed by atoms with Gasteiger partial charge in [0.2, 0.25) is 5.91 Å². The first-order valence-electron chi connectivity index (χ1n) is 7.97. The third-order valence-corrected chi connectivity index (χ3v) is 4.33. The fraction of sp³-hybridized carbons (Fsp3) is 0.812. The van der Waals surface area contributed by atoms with E-state index in [1.165, 1.54) is 4.90 Å². The highest BCUT2D eigenvalue weighted by molar-refractivity contribution is 5.90. The predicted octanol–water partition coefficient (Wildman–Crippen LogP) is 1.32. The van der Waals surface area contributed by atoms with Crippen molar-refractivity contribution in [3.8, 4) is 0 Å². The molecule has 0 aromatic heterocycles. The van der Waals surface area contributed by atoms with E-state index in [9.17, 15) is 14.4 Å². The first-order chi connectivity index (χ1) is 10.2. The van der Waals surface area contributed by atoms with Gasteiger partial charge in [-0.05, 0) is 24.7 Å². The van der Waals surface area contributed by atoms with Crippen molar-refractivity contribution in [2.45, 2.75) is 59.6 Å². The summed E-state index contributed by atoms with van der Waals surface area (Å²) < 4.78 is 5.46. The Hall–Kier alpha value is -1.59. The molecular weight excluding hydrogens is 284 g/mol. The van der Waals surface area contributed by atoms with Crippen molar-refractivity contribution >= 4 is 17.8 Å². The summed E-state index contributed by atoms with van der Waals surface area (Å²) in [6.45, 7) is 9.78. The van der Waals surface area contributed by atoms with E-state index in [1.54, 1.807) is 6.92 Å². The van der Waals surface area contributed by atoms with Crippen molar-refractivity contribution < 1.29 is 19.1 Å². The molecule has 1 rings (SSSR count). The number of ether oxygens (including phenoxy) is 1. The highest BCUT2D eigenvalue weighted by Gasteiger charge is 2.39. The second kappa shape index (κ2) is 7.61. The lowest BCUT2D eigenvalue weighted by molar-refractivity contribution is -0.168. The highest BCUT2D eigenvalue weighted by atomic mass is 16.5. The first kappa shape index (κ1) is 18.5. The normalized spacial score (nSPS) is 21.0. The molecule has 1 aliphatic rings. The summed E-state index contributed by atoms with van der Waals surface area (Å²) >= 11 is 0. The second-order valence-corrected chi connectivity index (χ2v) is 6.73. The van der Waals surface area contributed by atoms with Crippen LogP contribution in [0.3, 0.4) is 0 Å². The van der Waals surface area contributed by atoms with E-state index in [0.29, 0.717) is 13.0 Å². The summed E-state index contributed by atoms with van der Waals surface area (Å²) in [4.78, 5) is 37.7. The maximum absolute atomic E-state index is 12.7. The van der Waals surface area contributed by atoms with Crippen molar-refractivity contribution in [3.05, 3.63) is 0 Å². The van der Waals surface area contributed by atoms with Crippen LogP contribution in [0.5, 0.6) is 0 Å². The minimum Gasteiger partial charge on any atom is -0.452 e. The van der Waals surface area contributed by atoms with Gasteiger partial charge < -0.3 is 15.4 Å². The molecule has 0 spiro atoms. The smallest absolute Gasteiger partial charge is 0.309 e. The van der Waals surface area contributed by atoms with Crippen LogP contribution in [0.25, 0.3) is 0 Å². The number of esters is 1. The van der Waals surface area contributed by atoms with Crippen molar-refractivity contribution in [1.29, 1.82) is 0 Å². The third-order valence-electron chi connectivity index (χ3n) is 4.33. The Morgan fingerprint density at radius 2 is 1.68 bits per heavy atom. The number of carbonyl (C=O) groups excluding carboxylic acids is 3. The second-order valence-electron chi connectivity index (χ2n) is 6.73. The van der Waals surface area contributed by atoms with Gasteiger partial charge in [0.15, 0.2) is 6.10 Å². The van der Waals surface area contributed by atoms with Gasteiger partial charge in [0.05, 0.1) is 5.92 Å². The predicted molar refractivity (Wildman–Crippen MR) is 82.6 cm³/mol. The average molecular weight is 312 g/mol. The number of amides is 2. The van der Waals surface area contributed by atoms with E-state index in [0.717, 1.165) is 6.42 Å². The molecule has 0 aromatic carbocycles. The molecule has 1 saturated heterocycles. The molecule has 2 N–H and O–H groups in total. The summed E-state index contributed by atoms with van der Waals surface area (Å²) in [5.41, 5.74) is 5.35. The molecule has 0 aromatic rings. The zero-order chi connectivity index (χ0) is 17.0. The topological polar surface area (TPSA) is 89.7 Å². The van der Waals surface area contributed by atoms with Crippen molar-refractivity contribution in [2.75, 3.05) is 6.54 Å². The Morgan fingerprint density at radius 3 is 2.14 bits per heavy atom. The molecule has 1 fully saturated rings. The SMILES string of the molecule is CC(C)[C@H](OC(=O)[C@H](C)C(C)C)C(=O)N1CCC[C@@H]1C(N)=O. The quantitative estimate of drug-likeness (QED) is 0.749. The first-order valence-corrected chi connectivity index (χ1v) is 7.97. The van der Waals surface area contributed by atoms with Gasteiger partial charge in [-0.25, -0.2) is 0 Å². The van der Waals surface area contributed by atoms with Crippen LogP contribution >= 0.6 is 0 Å². The highest BCUT2D eigenvalue weighted by Crippen LogP contribution is 2.22. The molecular formula is C16H28N2O4. The number of hydrogen-bond donors (Lipinski definition) is 1. The van der Waals surface area contributed by atoms with E-state index in [-0.39, 0.29) is 29.6 Å². The van der Waals surface area contributed by atoms with Crippen LogP contribution in [0.15, 0.2) is 0 Å². The molecule has 0 radical (unpaired) electrons. The fourth-order valence-electron chi connectivity index (χ4n) is 2.47. The minimum absolute atomic E-state index is 0.139. The summed E-state index contributed by atoms with van der Waals surface area (Å²) in [6, 6.07) is -0.588.